The Bertz CT molecular complexity index is 935. The molecule has 1 N–H and O–H groups in total. The number of benzene rings is 2. The van der Waals surface area contributed by atoms with E-state index < -0.39 is 11.9 Å². The first-order valence-electron chi connectivity index (χ1n) is 7.81. The van der Waals surface area contributed by atoms with Gasteiger partial charge in [0.05, 0.1) is 31.7 Å². The van der Waals surface area contributed by atoms with E-state index in [1.807, 2.05) is 30.3 Å². The predicted molar refractivity (Wildman–Crippen MR) is 95.9 cm³/mol. The molecule has 0 bridgehead atoms. The monoisotopic (exact) mass is 351 g/mol. The van der Waals surface area contributed by atoms with Crippen LogP contribution in [0.5, 0.6) is 5.75 Å². The van der Waals surface area contributed by atoms with E-state index in [9.17, 15) is 9.59 Å². The number of carbonyl (C=O) groups excluding carboxylic acids is 2. The zero-order valence-corrected chi connectivity index (χ0v) is 14.3. The van der Waals surface area contributed by atoms with E-state index in [1.54, 1.807) is 29.1 Å². The number of nitrogens with one attached hydrogen (secondary N) is 1. The first-order chi connectivity index (χ1) is 12.6. The molecule has 0 atom stereocenters. The van der Waals surface area contributed by atoms with Crippen molar-refractivity contribution in [3.63, 3.8) is 0 Å². The number of anilines is 1. The summed E-state index contributed by atoms with van der Waals surface area (Å²) in [7, 11) is 2.77. The lowest BCUT2D eigenvalue weighted by molar-refractivity contribution is 0.0600. The van der Waals surface area contributed by atoms with Crippen molar-refractivity contribution in [3.8, 4) is 11.4 Å². The molecule has 2 aromatic carbocycles. The number of ether oxygens (including phenoxy) is 2. The molecule has 132 valence electrons. The molecule has 3 aromatic rings. The van der Waals surface area contributed by atoms with E-state index >= 15 is 0 Å². The molecular formula is C19H17N3O4. The molecule has 7 heteroatoms. The average molecular weight is 351 g/mol. The average Bonchev–Trinajstić information content (AvgIpc) is 3.13. The summed E-state index contributed by atoms with van der Waals surface area (Å²) in [5.41, 5.74) is 1.73. The van der Waals surface area contributed by atoms with E-state index in [-0.39, 0.29) is 5.69 Å². The Labute approximate surface area is 150 Å². The molecule has 0 radical (unpaired) electrons. The van der Waals surface area contributed by atoms with Gasteiger partial charge < -0.3 is 14.8 Å². The molecule has 3 rings (SSSR count). The number of esters is 1. The van der Waals surface area contributed by atoms with Crippen molar-refractivity contribution in [1.29, 1.82) is 0 Å². The maximum Gasteiger partial charge on any atom is 0.337 e. The second kappa shape index (κ2) is 7.52. The van der Waals surface area contributed by atoms with Crippen LogP contribution in [0.15, 0.2) is 60.8 Å². The van der Waals surface area contributed by atoms with E-state index in [1.165, 1.54) is 20.3 Å². The van der Waals surface area contributed by atoms with E-state index in [2.05, 4.69) is 15.2 Å². The van der Waals surface area contributed by atoms with Crippen molar-refractivity contribution < 1.29 is 19.1 Å². The maximum absolute atomic E-state index is 12.6. The molecule has 26 heavy (non-hydrogen) atoms. The third-order valence-corrected chi connectivity index (χ3v) is 3.68. The van der Waals surface area contributed by atoms with Gasteiger partial charge in [0, 0.05) is 5.69 Å². The van der Waals surface area contributed by atoms with Gasteiger partial charge in [0.25, 0.3) is 5.91 Å². The lowest BCUT2D eigenvalue weighted by atomic mass is 10.2. The summed E-state index contributed by atoms with van der Waals surface area (Å²) in [6.07, 6.45) is 1.63. The van der Waals surface area contributed by atoms with Gasteiger partial charge in [0.15, 0.2) is 11.4 Å². The minimum Gasteiger partial charge on any atom is -0.493 e. The van der Waals surface area contributed by atoms with Crippen LogP contribution in [-0.4, -0.2) is 35.9 Å². The summed E-state index contributed by atoms with van der Waals surface area (Å²) >= 11 is 0. The number of methoxy groups -OCH3 is 2. The molecule has 1 heterocycles. The fourth-order valence-electron chi connectivity index (χ4n) is 2.41. The van der Waals surface area contributed by atoms with Crippen LogP contribution in [-0.2, 0) is 4.74 Å². The second-order valence-corrected chi connectivity index (χ2v) is 5.35. The third-order valence-electron chi connectivity index (χ3n) is 3.68. The van der Waals surface area contributed by atoms with Crippen molar-refractivity contribution >= 4 is 17.6 Å². The van der Waals surface area contributed by atoms with Crippen molar-refractivity contribution in [2.45, 2.75) is 0 Å². The van der Waals surface area contributed by atoms with E-state index in [0.29, 0.717) is 17.0 Å². The number of rotatable bonds is 5. The van der Waals surface area contributed by atoms with Gasteiger partial charge in [-0.1, -0.05) is 24.3 Å². The van der Waals surface area contributed by atoms with Crippen molar-refractivity contribution in [1.82, 2.24) is 9.78 Å². The number of amides is 1. The first kappa shape index (κ1) is 17.2. The molecule has 0 aliphatic heterocycles. The van der Waals surface area contributed by atoms with Crippen LogP contribution in [0.3, 0.4) is 0 Å². The van der Waals surface area contributed by atoms with Gasteiger partial charge in [-0.05, 0) is 30.3 Å². The Morgan fingerprint density at radius 1 is 1.04 bits per heavy atom. The highest BCUT2D eigenvalue weighted by Crippen LogP contribution is 2.21. The van der Waals surface area contributed by atoms with E-state index in [4.69, 9.17) is 4.74 Å². The van der Waals surface area contributed by atoms with Crippen LogP contribution >= 0.6 is 0 Å². The topological polar surface area (TPSA) is 82.5 Å². The van der Waals surface area contributed by atoms with Crippen molar-refractivity contribution in [2.75, 3.05) is 19.5 Å². The minimum atomic E-state index is -0.480. The van der Waals surface area contributed by atoms with Gasteiger partial charge in [-0.15, -0.1) is 0 Å². The number of carbonyl (C=O) groups is 2. The van der Waals surface area contributed by atoms with Gasteiger partial charge in [-0.3, -0.25) is 4.79 Å². The normalized spacial score (nSPS) is 10.2. The lowest BCUT2D eigenvalue weighted by Gasteiger charge is -2.06. The molecule has 0 aliphatic carbocycles. The zero-order valence-electron chi connectivity index (χ0n) is 14.3. The zero-order chi connectivity index (χ0) is 18.5. The van der Waals surface area contributed by atoms with Gasteiger partial charge in [0.1, 0.15) is 0 Å². The van der Waals surface area contributed by atoms with Crippen LogP contribution in [0.1, 0.15) is 20.8 Å². The summed E-state index contributed by atoms with van der Waals surface area (Å²) in [6, 6.07) is 15.8. The van der Waals surface area contributed by atoms with Crippen molar-refractivity contribution in [3.05, 3.63) is 72.1 Å². The summed E-state index contributed by atoms with van der Waals surface area (Å²) < 4.78 is 11.5. The maximum atomic E-state index is 12.6. The molecule has 0 saturated carbocycles. The molecule has 1 aromatic heterocycles. The molecule has 0 aliphatic rings. The quantitative estimate of drug-likeness (QED) is 0.715. The third kappa shape index (κ3) is 3.56. The Hall–Kier alpha value is -3.61. The second-order valence-electron chi connectivity index (χ2n) is 5.35. The number of hydrogen-bond acceptors (Lipinski definition) is 5. The largest absolute Gasteiger partial charge is 0.493 e. The smallest absolute Gasteiger partial charge is 0.337 e. The Balaban J connectivity index is 1.86. The first-order valence-corrected chi connectivity index (χ1v) is 7.81. The molecule has 0 saturated heterocycles. The van der Waals surface area contributed by atoms with Gasteiger partial charge >= 0.3 is 5.97 Å². The number of nitrogens with zero attached hydrogens (tertiary/aromatic N) is 2. The highest BCUT2D eigenvalue weighted by Gasteiger charge is 2.19. The molecular weight excluding hydrogens is 334 g/mol. The number of aromatic nitrogens is 2. The SMILES string of the molecule is COC(=O)c1cccc(NC(=O)c2nn(-c3ccccc3)cc2OC)c1. The lowest BCUT2D eigenvalue weighted by Crippen LogP contribution is -2.14. The van der Waals surface area contributed by atoms with Gasteiger partial charge in [0.2, 0.25) is 0 Å². The van der Waals surface area contributed by atoms with Crippen LogP contribution in [0.2, 0.25) is 0 Å². The Kier molecular flexibility index (Phi) is 4.98. The van der Waals surface area contributed by atoms with Crippen LogP contribution in [0.4, 0.5) is 5.69 Å². The number of para-hydroxylation sites is 1. The highest BCUT2D eigenvalue weighted by atomic mass is 16.5. The summed E-state index contributed by atoms with van der Waals surface area (Å²) in [6.45, 7) is 0. The fourth-order valence-corrected chi connectivity index (χ4v) is 2.41. The van der Waals surface area contributed by atoms with Crippen LogP contribution in [0, 0.1) is 0 Å². The van der Waals surface area contributed by atoms with Crippen molar-refractivity contribution in [2.24, 2.45) is 0 Å². The molecule has 0 spiro atoms. The molecule has 0 unspecified atom stereocenters. The Morgan fingerprint density at radius 3 is 2.50 bits per heavy atom. The van der Waals surface area contributed by atoms with Gasteiger partial charge in [-0.25, -0.2) is 9.48 Å². The van der Waals surface area contributed by atoms with Gasteiger partial charge in [-0.2, -0.15) is 5.10 Å². The minimum absolute atomic E-state index is 0.139. The highest BCUT2D eigenvalue weighted by molar-refractivity contribution is 6.05. The van der Waals surface area contributed by atoms with Crippen LogP contribution < -0.4 is 10.1 Å². The molecule has 1 amide bonds. The molecule has 0 fully saturated rings. The fraction of sp³-hybridized carbons (Fsp3) is 0.105. The van der Waals surface area contributed by atoms with Crippen LogP contribution in [0.25, 0.3) is 5.69 Å². The summed E-state index contributed by atoms with van der Waals surface area (Å²) in [5.74, 6) is -0.582. The molecule has 7 nitrogen and oxygen atoms in total. The standard InChI is InChI=1S/C19H17N3O4/c1-25-16-12-22(15-9-4-3-5-10-15)21-17(16)18(23)20-14-8-6-7-13(11-14)19(24)26-2/h3-12H,1-2H3,(H,20,23). The number of hydrogen-bond donors (Lipinski definition) is 1. The van der Waals surface area contributed by atoms with E-state index in [0.717, 1.165) is 5.69 Å². The predicted octanol–water partition coefficient (Wildman–Crippen LogP) is 2.92. The Morgan fingerprint density at radius 2 is 1.81 bits per heavy atom. The summed E-state index contributed by atoms with van der Waals surface area (Å²) in [4.78, 5) is 24.2. The summed E-state index contributed by atoms with van der Waals surface area (Å²) in [5, 5.41) is 7.02.